The monoisotopic (exact) mass is 312 g/mol. The number of aliphatic hydroxyl groups excluding tert-OH is 2. The van der Waals surface area contributed by atoms with E-state index >= 15 is 0 Å². The second-order valence-corrected chi connectivity index (χ2v) is 10.9. The molecule has 0 amide bonds. The Morgan fingerprint density at radius 3 is 0.909 bits per heavy atom. The van der Waals surface area contributed by atoms with Gasteiger partial charge >= 0.3 is 0 Å². The van der Waals surface area contributed by atoms with Crippen LogP contribution < -0.4 is 0 Å². The van der Waals surface area contributed by atoms with Crippen molar-refractivity contribution in [1.82, 2.24) is 0 Å². The van der Waals surface area contributed by atoms with Crippen LogP contribution in [-0.4, -0.2) is 22.4 Å². The number of aliphatic hydroxyl groups is 2. The molecule has 2 N–H and O–H groups in total. The fraction of sp³-hybridized carbons (Fsp3) is 1.00. The quantitative estimate of drug-likeness (QED) is 0.669. The molecule has 1 aliphatic carbocycles. The minimum absolute atomic E-state index is 0.0779. The molecule has 1 saturated carbocycles. The average molecular weight is 313 g/mol. The molecule has 2 heteroatoms. The average Bonchev–Trinajstić information content (AvgIpc) is 2.34. The molecule has 2 nitrogen and oxygen atoms in total. The van der Waals surface area contributed by atoms with Crippen molar-refractivity contribution in [2.45, 2.75) is 95.3 Å². The lowest BCUT2D eigenvalue weighted by Gasteiger charge is -2.69. The van der Waals surface area contributed by atoms with Crippen molar-refractivity contribution in [3.05, 3.63) is 0 Å². The second-order valence-electron chi connectivity index (χ2n) is 10.9. The lowest BCUT2D eigenvalue weighted by molar-refractivity contribution is -0.264. The first-order chi connectivity index (χ1) is 9.31. The van der Waals surface area contributed by atoms with Crippen LogP contribution in [0.15, 0.2) is 0 Å². The van der Waals surface area contributed by atoms with E-state index in [-0.39, 0.29) is 27.1 Å². The highest BCUT2D eigenvalue weighted by Gasteiger charge is 2.67. The summed E-state index contributed by atoms with van der Waals surface area (Å²) in [4.78, 5) is 0. The molecule has 0 aromatic heterocycles. The minimum atomic E-state index is -0.584. The summed E-state index contributed by atoms with van der Waals surface area (Å²) in [7, 11) is 0. The fourth-order valence-electron chi connectivity index (χ4n) is 5.09. The van der Waals surface area contributed by atoms with Gasteiger partial charge in [0.05, 0.1) is 12.2 Å². The third-order valence-electron chi connectivity index (χ3n) is 9.12. The minimum Gasteiger partial charge on any atom is -0.392 e. The molecule has 132 valence electrons. The topological polar surface area (TPSA) is 40.5 Å². The molecule has 0 bridgehead atoms. The zero-order valence-corrected chi connectivity index (χ0v) is 17.0. The van der Waals surface area contributed by atoms with Crippen molar-refractivity contribution >= 4 is 0 Å². The van der Waals surface area contributed by atoms with Gasteiger partial charge in [-0.25, -0.2) is 0 Å². The van der Waals surface area contributed by atoms with E-state index in [1.165, 1.54) is 0 Å². The lowest BCUT2D eigenvalue weighted by atomic mass is 9.37. The van der Waals surface area contributed by atoms with Crippen molar-refractivity contribution in [2.75, 3.05) is 0 Å². The lowest BCUT2D eigenvalue weighted by Crippen LogP contribution is -2.68. The van der Waals surface area contributed by atoms with E-state index in [0.29, 0.717) is 0 Å². The maximum absolute atomic E-state index is 11.3. The second kappa shape index (κ2) is 4.72. The molecule has 0 heterocycles. The molecule has 0 spiro atoms. The first kappa shape index (κ1) is 20.0. The van der Waals surface area contributed by atoms with Gasteiger partial charge in [0.2, 0.25) is 0 Å². The van der Waals surface area contributed by atoms with Gasteiger partial charge in [0.1, 0.15) is 0 Å². The summed E-state index contributed by atoms with van der Waals surface area (Å²) in [6.45, 7) is 26.4. The van der Waals surface area contributed by atoms with E-state index in [0.717, 1.165) is 0 Å². The van der Waals surface area contributed by atoms with Crippen LogP contribution in [0.3, 0.4) is 0 Å². The normalized spacial score (nSPS) is 37.9. The van der Waals surface area contributed by atoms with Crippen LogP contribution >= 0.6 is 0 Å². The van der Waals surface area contributed by atoms with Gasteiger partial charge in [-0.1, -0.05) is 83.1 Å². The van der Waals surface area contributed by atoms with Crippen LogP contribution in [0.2, 0.25) is 0 Å². The molecule has 2 unspecified atom stereocenters. The van der Waals surface area contributed by atoms with Gasteiger partial charge < -0.3 is 10.2 Å². The molecule has 0 saturated heterocycles. The maximum atomic E-state index is 11.3. The van der Waals surface area contributed by atoms with Crippen LogP contribution in [0.5, 0.6) is 0 Å². The summed E-state index contributed by atoms with van der Waals surface area (Å²) in [6, 6.07) is 0. The van der Waals surface area contributed by atoms with Gasteiger partial charge in [0, 0.05) is 5.41 Å². The molecule has 0 radical (unpaired) electrons. The molecule has 2 atom stereocenters. The first-order valence-electron chi connectivity index (χ1n) is 8.67. The summed E-state index contributed by atoms with van der Waals surface area (Å²) < 4.78 is 0. The summed E-state index contributed by atoms with van der Waals surface area (Å²) in [5.41, 5.74) is -1.53. The van der Waals surface area contributed by atoms with Crippen LogP contribution in [0.1, 0.15) is 83.1 Å². The highest BCUT2D eigenvalue weighted by atomic mass is 16.3. The number of hydrogen-bond acceptors (Lipinski definition) is 2. The summed E-state index contributed by atoms with van der Waals surface area (Å²) in [5, 5.41) is 22.5. The van der Waals surface area contributed by atoms with Gasteiger partial charge in [-0.05, 0) is 27.1 Å². The predicted molar refractivity (Wildman–Crippen MR) is 94.7 cm³/mol. The van der Waals surface area contributed by atoms with Crippen molar-refractivity contribution in [1.29, 1.82) is 0 Å². The number of rotatable bonds is 0. The van der Waals surface area contributed by atoms with Gasteiger partial charge in [0.25, 0.3) is 0 Å². The van der Waals surface area contributed by atoms with Crippen LogP contribution in [0.4, 0.5) is 0 Å². The molecule has 22 heavy (non-hydrogen) atoms. The Kier molecular flexibility index (Phi) is 4.29. The Labute approximate surface area is 138 Å². The Bertz CT molecular complexity index is 401. The Morgan fingerprint density at radius 1 is 0.455 bits per heavy atom. The Morgan fingerprint density at radius 2 is 0.682 bits per heavy atom. The van der Waals surface area contributed by atoms with Gasteiger partial charge in [0.15, 0.2) is 0 Å². The SMILES string of the molecule is CC1(C)C(O)C(C)(C)C(C)(C)C(C)(C)C(C)(C)C(C)(C)C1O. The standard InChI is InChI=1S/C20H40O2/c1-15(2)13(21)16(3,4)18(7,8)20(11,12)19(9,10)17(5,6)14(15)22/h13-14,21-22H,1-12H3. The molecule has 1 aliphatic rings. The maximum Gasteiger partial charge on any atom is 0.0672 e. The van der Waals surface area contributed by atoms with Gasteiger partial charge in [-0.3, -0.25) is 0 Å². The van der Waals surface area contributed by atoms with Crippen molar-refractivity contribution in [3.8, 4) is 0 Å². The van der Waals surface area contributed by atoms with Crippen molar-refractivity contribution < 1.29 is 10.2 Å². The van der Waals surface area contributed by atoms with E-state index in [9.17, 15) is 10.2 Å². The van der Waals surface area contributed by atoms with E-state index in [1.807, 2.05) is 13.8 Å². The third kappa shape index (κ3) is 1.99. The first-order valence-corrected chi connectivity index (χ1v) is 8.67. The van der Waals surface area contributed by atoms with Crippen molar-refractivity contribution in [2.24, 2.45) is 32.5 Å². The third-order valence-corrected chi connectivity index (χ3v) is 9.12. The number of hydrogen-bond donors (Lipinski definition) is 2. The zero-order valence-electron chi connectivity index (χ0n) is 17.0. The van der Waals surface area contributed by atoms with Crippen molar-refractivity contribution in [3.63, 3.8) is 0 Å². The molecule has 1 rings (SSSR count). The largest absolute Gasteiger partial charge is 0.392 e. The molecular formula is C20H40O2. The Hall–Kier alpha value is -0.0800. The van der Waals surface area contributed by atoms with Crippen LogP contribution in [-0.2, 0) is 0 Å². The van der Waals surface area contributed by atoms with E-state index in [1.54, 1.807) is 0 Å². The van der Waals surface area contributed by atoms with Gasteiger partial charge in [-0.2, -0.15) is 0 Å². The van der Waals surface area contributed by atoms with E-state index in [2.05, 4.69) is 69.2 Å². The van der Waals surface area contributed by atoms with Crippen LogP contribution in [0.25, 0.3) is 0 Å². The summed E-state index contributed by atoms with van der Waals surface area (Å²) >= 11 is 0. The molecule has 1 fully saturated rings. The van der Waals surface area contributed by atoms with E-state index in [4.69, 9.17) is 0 Å². The van der Waals surface area contributed by atoms with Gasteiger partial charge in [-0.15, -0.1) is 0 Å². The highest BCUT2D eigenvalue weighted by molar-refractivity contribution is 5.15. The Balaban J connectivity index is 3.82. The van der Waals surface area contributed by atoms with E-state index < -0.39 is 17.6 Å². The molecule has 0 aromatic rings. The molecule has 0 aliphatic heterocycles. The molecule has 0 aromatic carbocycles. The summed E-state index contributed by atoms with van der Waals surface area (Å²) in [5.74, 6) is 0. The zero-order chi connectivity index (χ0) is 18.2. The summed E-state index contributed by atoms with van der Waals surface area (Å²) in [6.07, 6.45) is -1.17. The highest BCUT2D eigenvalue weighted by Crippen LogP contribution is 2.69. The smallest absolute Gasteiger partial charge is 0.0672 e. The fourth-order valence-corrected chi connectivity index (χ4v) is 5.09. The molecular weight excluding hydrogens is 272 g/mol. The predicted octanol–water partition coefficient (Wildman–Crippen LogP) is 4.88. The van der Waals surface area contributed by atoms with Crippen LogP contribution in [0, 0.1) is 32.5 Å².